The second-order valence-electron chi connectivity index (χ2n) is 8.83. The van der Waals surface area contributed by atoms with Crippen molar-refractivity contribution in [1.29, 1.82) is 0 Å². The molecule has 1 aliphatic rings. The number of thiophene rings is 1. The van der Waals surface area contributed by atoms with E-state index in [4.69, 9.17) is 4.74 Å². The molecule has 1 amide bonds. The van der Waals surface area contributed by atoms with Crippen LogP contribution in [0.25, 0.3) is 5.65 Å². The van der Waals surface area contributed by atoms with Crippen LogP contribution in [-0.2, 0) is 20.9 Å². The van der Waals surface area contributed by atoms with Gasteiger partial charge in [-0.2, -0.15) is 0 Å². The fourth-order valence-electron chi connectivity index (χ4n) is 4.52. The maximum absolute atomic E-state index is 13.3. The summed E-state index contributed by atoms with van der Waals surface area (Å²) in [6.45, 7) is 3.79. The third-order valence-corrected chi connectivity index (χ3v) is 7.21. The second-order valence-corrected chi connectivity index (χ2v) is 9.81. The van der Waals surface area contributed by atoms with Gasteiger partial charge in [0.1, 0.15) is 12.3 Å². The summed E-state index contributed by atoms with van der Waals surface area (Å²) in [5.74, 6) is -0.952. The van der Waals surface area contributed by atoms with Crippen LogP contribution in [0.15, 0.2) is 71.0 Å². The van der Waals surface area contributed by atoms with Crippen LogP contribution in [-0.4, -0.2) is 21.3 Å². The summed E-state index contributed by atoms with van der Waals surface area (Å²) in [6, 6.07) is 16.2. The number of fused-ring (bicyclic) bond motifs is 1. The SMILES string of the molecule is Cc1ccc(N2C(=O)CCC(C(=O)OCc3cc(=O)n4cc(C)ccc4n3)C2c2cccs2)cc1. The number of hydrogen-bond donors (Lipinski definition) is 0. The molecule has 2 atom stereocenters. The zero-order chi connectivity index (χ0) is 24.5. The van der Waals surface area contributed by atoms with E-state index in [0.29, 0.717) is 17.8 Å². The van der Waals surface area contributed by atoms with Crippen molar-refractivity contribution < 1.29 is 14.3 Å². The predicted molar refractivity (Wildman–Crippen MR) is 134 cm³/mol. The van der Waals surface area contributed by atoms with Crippen LogP contribution in [0.4, 0.5) is 5.69 Å². The van der Waals surface area contributed by atoms with E-state index in [1.807, 2.05) is 61.7 Å². The number of carbonyl (C=O) groups excluding carboxylic acids is 2. The Morgan fingerprint density at radius 1 is 1.09 bits per heavy atom. The molecule has 35 heavy (non-hydrogen) atoms. The van der Waals surface area contributed by atoms with Gasteiger partial charge in [0.15, 0.2) is 0 Å². The molecule has 3 aromatic heterocycles. The summed E-state index contributed by atoms with van der Waals surface area (Å²) in [6.07, 6.45) is 2.38. The summed E-state index contributed by atoms with van der Waals surface area (Å²) in [4.78, 5) is 46.0. The molecule has 5 rings (SSSR count). The Morgan fingerprint density at radius 2 is 1.86 bits per heavy atom. The fourth-order valence-corrected chi connectivity index (χ4v) is 5.40. The van der Waals surface area contributed by atoms with Crippen molar-refractivity contribution in [3.05, 3.63) is 98.2 Å². The van der Waals surface area contributed by atoms with Gasteiger partial charge in [-0.1, -0.05) is 29.8 Å². The van der Waals surface area contributed by atoms with Gasteiger partial charge in [0, 0.05) is 29.2 Å². The van der Waals surface area contributed by atoms with Crippen molar-refractivity contribution in [3.63, 3.8) is 0 Å². The van der Waals surface area contributed by atoms with Gasteiger partial charge in [-0.3, -0.25) is 18.8 Å². The summed E-state index contributed by atoms with van der Waals surface area (Å²) >= 11 is 1.52. The molecule has 4 heterocycles. The van der Waals surface area contributed by atoms with Crippen LogP contribution >= 0.6 is 11.3 Å². The first-order chi connectivity index (χ1) is 16.9. The summed E-state index contributed by atoms with van der Waals surface area (Å²) in [7, 11) is 0. The van der Waals surface area contributed by atoms with Crippen LogP contribution in [0, 0.1) is 19.8 Å². The number of hydrogen-bond acceptors (Lipinski definition) is 6. The number of ether oxygens (including phenoxy) is 1. The van der Waals surface area contributed by atoms with Crippen molar-refractivity contribution in [2.75, 3.05) is 4.90 Å². The molecule has 0 aliphatic carbocycles. The normalized spacial score (nSPS) is 18.1. The van der Waals surface area contributed by atoms with E-state index in [-0.39, 0.29) is 24.5 Å². The zero-order valence-corrected chi connectivity index (χ0v) is 20.3. The number of aryl methyl sites for hydroxylation is 2. The summed E-state index contributed by atoms with van der Waals surface area (Å²) in [5, 5.41) is 1.94. The Labute approximate surface area is 206 Å². The molecule has 1 aliphatic heterocycles. The fraction of sp³-hybridized carbons (Fsp3) is 0.259. The largest absolute Gasteiger partial charge is 0.459 e. The number of esters is 1. The third kappa shape index (κ3) is 4.61. The molecule has 0 saturated carbocycles. The number of aromatic nitrogens is 2. The number of rotatable bonds is 5. The number of anilines is 1. The highest BCUT2D eigenvalue weighted by atomic mass is 32.1. The lowest BCUT2D eigenvalue weighted by molar-refractivity contribution is -0.152. The Kier molecular flexibility index (Phi) is 6.21. The van der Waals surface area contributed by atoms with E-state index >= 15 is 0 Å². The molecule has 4 aromatic rings. The Balaban J connectivity index is 1.41. The van der Waals surface area contributed by atoms with Crippen molar-refractivity contribution >= 4 is 34.5 Å². The van der Waals surface area contributed by atoms with Crippen LogP contribution in [0.3, 0.4) is 0 Å². The lowest BCUT2D eigenvalue weighted by atomic mass is 9.87. The summed E-state index contributed by atoms with van der Waals surface area (Å²) < 4.78 is 7.15. The lowest BCUT2D eigenvalue weighted by Gasteiger charge is -2.39. The molecular weight excluding hydrogens is 462 g/mol. The number of benzene rings is 1. The smallest absolute Gasteiger partial charge is 0.311 e. The van der Waals surface area contributed by atoms with Gasteiger partial charge in [-0.15, -0.1) is 11.3 Å². The Morgan fingerprint density at radius 3 is 2.60 bits per heavy atom. The number of pyridine rings is 1. The van der Waals surface area contributed by atoms with Crippen molar-refractivity contribution in [3.8, 4) is 0 Å². The Hall–Kier alpha value is -3.78. The standard InChI is InChI=1S/C27H25N3O4S/c1-17-5-8-20(9-6-17)30-24(31)12-10-21(26(30)22-4-3-13-35-22)27(33)34-16-19-14-25(32)29-15-18(2)7-11-23(29)28-19/h3-9,11,13-15,21,26H,10,12,16H2,1-2H3. The van der Waals surface area contributed by atoms with Crippen molar-refractivity contribution in [1.82, 2.24) is 9.38 Å². The Bertz CT molecular complexity index is 1440. The molecule has 0 bridgehead atoms. The maximum atomic E-state index is 13.3. The van der Waals surface area contributed by atoms with Gasteiger partial charge in [0.2, 0.25) is 5.91 Å². The quantitative estimate of drug-likeness (QED) is 0.384. The van der Waals surface area contributed by atoms with Crippen molar-refractivity contribution in [2.24, 2.45) is 5.92 Å². The average molecular weight is 488 g/mol. The second kappa shape index (κ2) is 9.46. The van der Waals surface area contributed by atoms with E-state index in [2.05, 4.69) is 4.98 Å². The first-order valence-corrected chi connectivity index (χ1v) is 12.4. The molecule has 178 valence electrons. The van der Waals surface area contributed by atoms with Crippen molar-refractivity contribution in [2.45, 2.75) is 39.3 Å². The van der Waals surface area contributed by atoms with E-state index in [1.54, 1.807) is 17.2 Å². The minimum absolute atomic E-state index is 0.0178. The minimum atomic E-state index is -0.531. The first kappa shape index (κ1) is 23.0. The highest BCUT2D eigenvalue weighted by Gasteiger charge is 2.42. The van der Waals surface area contributed by atoms with E-state index < -0.39 is 17.9 Å². The summed E-state index contributed by atoms with van der Waals surface area (Å²) in [5.41, 5.74) is 3.47. The van der Waals surface area contributed by atoms with E-state index in [9.17, 15) is 14.4 Å². The molecule has 1 saturated heterocycles. The van der Waals surface area contributed by atoms with Crippen LogP contribution in [0.1, 0.15) is 40.6 Å². The van der Waals surface area contributed by atoms with Crippen LogP contribution in [0.5, 0.6) is 0 Å². The van der Waals surface area contributed by atoms with E-state index in [1.165, 1.54) is 21.8 Å². The maximum Gasteiger partial charge on any atom is 0.311 e. The lowest BCUT2D eigenvalue weighted by Crippen LogP contribution is -2.45. The van der Waals surface area contributed by atoms with Gasteiger partial charge in [0.25, 0.3) is 5.56 Å². The van der Waals surface area contributed by atoms with Crippen LogP contribution < -0.4 is 10.5 Å². The van der Waals surface area contributed by atoms with Crippen LogP contribution in [0.2, 0.25) is 0 Å². The molecule has 1 fully saturated rings. The molecule has 2 unspecified atom stereocenters. The average Bonchev–Trinajstić information content (AvgIpc) is 3.38. The number of carbonyl (C=O) groups is 2. The first-order valence-electron chi connectivity index (χ1n) is 11.5. The van der Waals surface area contributed by atoms with Gasteiger partial charge in [-0.25, -0.2) is 4.98 Å². The molecule has 0 N–H and O–H groups in total. The molecule has 0 radical (unpaired) electrons. The molecule has 7 nitrogen and oxygen atoms in total. The zero-order valence-electron chi connectivity index (χ0n) is 19.5. The highest BCUT2D eigenvalue weighted by molar-refractivity contribution is 7.10. The highest BCUT2D eigenvalue weighted by Crippen LogP contribution is 2.42. The molecule has 0 spiro atoms. The van der Waals surface area contributed by atoms with E-state index in [0.717, 1.165) is 21.7 Å². The molecule has 8 heteroatoms. The number of piperidine rings is 1. The predicted octanol–water partition coefficient (Wildman–Crippen LogP) is 4.60. The molecule has 1 aromatic carbocycles. The number of nitrogens with zero attached hydrogens (tertiary/aromatic N) is 3. The monoisotopic (exact) mass is 487 g/mol. The van der Waals surface area contributed by atoms with Gasteiger partial charge in [-0.05, 0) is 55.5 Å². The topological polar surface area (TPSA) is 81.0 Å². The van der Waals surface area contributed by atoms with Gasteiger partial charge >= 0.3 is 5.97 Å². The third-order valence-electron chi connectivity index (χ3n) is 6.27. The van der Waals surface area contributed by atoms with Gasteiger partial charge < -0.3 is 9.64 Å². The van der Waals surface area contributed by atoms with Gasteiger partial charge in [0.05, 0.1) is 17.7 Å². The molecular formula is C27H25N3O4S. The number of amides is 1. The minimum Gasteiger partial charge on any atom is -0.459 e.